The number of sulfone groups is 1. The van der Waals surface area contributed by atoms with Gasteiger partial charge in [-0.15, -0.1) is 0 Å². The van der Waals surface area contributed by atoms with Gasteiger partial charge in [-0.2, -0.15) is 0 Å². The van der Waals surface area contributed by atoms with Crippen LogP contribution >= 0.6 is 15.9 Å². The lowest BCUT2D eigenvalue weighted by Crippen LogP contribution is -2.14. The van der Waals surface area contributed by atoms with E-state index in [0.29, 0.717) is 17.9 Å². The highest BCUT2D eigenvalue weighted by molar-refractivity contribution is 9.10. The first-order valence-electron chi connectivity index (χ1n) is 4.69. The Bertz CT molecular complexity index is 417. The van der Waals surface area contributed by atoms with E-state index in [4.69, 9.17) is 0 Å². The molecule has 0 atom stereocenters. The summed E-state index contributed by atoms with van der Waals surface area (Å²) in [4.78, 5) is 0.382. The lowest BCUT2D eigenvalue weighted by molar-refractivity contribution is 0.591. The first kappa shape index (κ1) is 12.7. The van der Waals surface area contributed by atoms with Gasteiger partial charge < -0.3 is 5.32 Å². The molecule has 0 aliphatic rings. The van der Waals surface area contributed by atoms with E-state index in [1.165, 1.54) is 0 Å². The highest BCUT2D eigenvalue weighted by Gasteiger charge is 2.13. The third kappa shape index (κ3) is 3.93. The molecule has 0 bridgehead atoms. The topological polar surface area (TPSA) is 46.2 Å². The molecule has 1 N–H and O–H groups in total. The quantitative estimate of drug-likeness (QED) is 0.842. The Balaban J connectivity index is 2.77. The van der Waals surface area contributed by atoms with Crippen molar-refractivity contribution in [3.63, 3.8) is 0 Å². The van der Waals surface area contributed by atoms with Crippen LogP contribution in [0.4, 0.5) is 0 Å². The monoisotopic (exact) mass is 291 g/mol. The number of nitrogens with one attached hydrogen (secondary N) is 1. The first-order valence-corrected chi connectivity index (χ1v) is 7.14. The minimum atomic E-state index is -3.13. The van der Waals surface area contributed by atoms with Crippen LogP contribution in [0, 0.1) is 0 Å². The molecule has 1 aromatic carbocycles. The number of rotatable bonds is 5. The molecule has 0 saturated heterocycles. The standard InChI is InChI=1S/C10H14BrNO2S/c1-12-6-3-7-15(13,14)10-5-2-4-9(11)8-10/h2,4-5,8,12H,3,6-7H2,1H3. The molecule has 0 aliphatic carbocycles. The van der Waals surface area contributed by atoms with Crippen LogP contribution in [-0.2, 0) is 9.84 Å². The van der Waals surface area contributed by atoms with Crippen molar-refractivity contribution in [3.8, 4) is 0 Å². The van der Waals surface area contributed by atoms with Crippen molar-refractivity contribution in [2.24, 2.45) is 0 Å². The minimum absolute atomic E-state index is 0.185. The molecule has 1 aromatic rings. The predicted molar refractivity (Wildman–Crippen MR) is 64.7 cm³/mol. The summed E-state index contributed by atoms with van der Waals surface area (Å²) in [5.41, 5.74) is 0. The molecule has 0 fully saturated rings. The fraction of sp³-hybridized carbons (Fsp3) is 0.400. The van der Waals surface area contributed by atoms with Gasteiger partial charge in [-0.3, -0.25) is 0 Å². The molecule has 0 unspecified atom stereocenters. The average Bonchev–Trinajstić information content (AvgIpc) is 2.18. The Labute approximate surface area is 98.9 Å². The number of halogens is 1. The number of hydrogen-bond acceptors (Lipinski definition) is 3. The van der Waals surface area contributed by atoms with Crippen LogP contribution in [0.1, 0.15) is 6.42 Å². The first-order chi connectivity index (χ1) is 7.06. The van der Waals surface area contributed by atoms with Gasteiger partial charge in [-0.1, -0.05) is 22.0 Å². The Kier molecular flexibility index (Phi) is 4.76. The lowest BCUT2D eigenvalue weighted by Gasteiger charge is -2.04. The zero-order valence-electron chi connectivity index (χ0n) is 8.53. The molecule has 0 heterocycles. The molecular formula is C10H14BrNO2S. The summed E-state index contributed by atoms with van der Waals surface area (Å²) in [6.07, 6.45) is 0.630. The van der Waals surface area contributed by atoms with Gasteiger partial charge in [-0.05, 0) is 38.2 Å². The Morgan fingerprint density at radius 3 is 2.73 bits per heavy atom. The van der Waals surface area contributed by atoms with Crippen molar-refractivity contribution < 1.29 is 8.42 Å². The van der Waals surface area contributed by atoms with Gasteiger partial charge in [0.15, 0.2) is 9.84 Å². The zero-order valence-corrected chi connectivity index (χ0v) is 10.9. The van der Waals surface area contributed by atoms with Crippen LogP contribution in [0.5, 0.6) is 0 Å². The van der Waals surface area contributed by atoms with Crippen LogP contribution in [0.3, 0.4) is 0 Å². The molecule has 0 radical (unpaired) electrons. The Morgan fingerprint density at radius 2 is 2.13 bits per heavy atom. The van der Waals surface area contributed by atoms with Gasteiger partial charge in [0.2, 0.25) is 0 Å². The van der Waals surface area contributed by atoms with E-state index in [2.05, 4.69) is 21.2 Å². The normalized spacial score (nSPS) is 11.6. The second-order valence-corrected chi connectivity index (χ2v) is 6.26. The SMILES string of the molecule is CNCCCS(=O)(=O)c1cccc(Br)c1. The van der Waals surface area contributed by atoms with Crippen LogP contribution in [0.2, 0.25) is 0 Å². The van der Waals surface area contributed by atoms with Crippen LogP contribution < -0.4 is 5.32 Å². The summed E-state index contributed by atoms with van der Waals surface area (Å²) >= 11 is 3.26. The summed E-state index contributed by atoms with van der Waals surface area (Å²) < 4.78 is 24.4. The maximum absolute atomic E-state index is 11.8. The molecule has 0 aromatic heterocycles. The molecule has 0 aliphatic heterocycles. The van der Waals surface area contributed by atoms with E-state index in [1.807, 2.05) is 13.1 Å². The summed E-state index contributed by atoms with van der Waals surface area (Å²) in [5.74, 6) is 0.185. The maximum Gasteiger partial charge on any atom is 0.178 e. The third-order valence-corrected chi connectivity index (χ3v) is 4.29. The molecular weight excluding hydrogens is 278 g/mol. The molecule has 15 heavy (non-hydrogen) atoms. The van der Waals surface area contributed by atoms with Gasteiger partial charge in [0, 0.05) is 4.47 Å². The van der Waals surface area contributed by atoms with Crippen molar-refractivity contribution in [1.29, 1.82) is 0 Å². The fourth-order valence-corrected chi connectivity index (χ4v) is 3.12. The minimum Gasteiger partial charge on any atom is -0.320 e. The third-order valence-electron chi connectivity index (χ3n) is 2.00. The van der Waals surface area contributed by atoms with Crippen molar-refractivity contribution in [1.82, 2.24) is 5.32 Å². The van der Waals surface area contributed by atoms with Crippen LogP contribution in [0.25, 0.3) is 0 Å². The van der Waals surface area contributed by atoms with E-state index >= 15 is 0 Å². The number of hydrogen-bond donors (Lipinski definition) is 1. The van der Waals surface area contributed by atoms with Crippen molar-refractivity contribution in [2.45, 2.75) is 11.3 Å². The van der Waals surface area contributed by atoms with E-state index < -0.39 is 9.84 Å². The van der Waals surface area contributed by atoms with Crippen LogP contribution in [0.15, 0.2) is 33.6 Å². The van der Waals surface area contributed by atoms with Crippen LogP contribution in [-0.4, -0.2) is 27.8 Å². The molecule has 5 heteroatoms. The maximum atomic E-state index is 11.8. The zero-order chi connectivity index (χ0) is 11.3. The molecule has 0 saturated carbocycles. The highest BCUT2D eigenvalue weighted by atomic mass is 79.9. The lowest BCUT2D eigenvalue weighted by atomic mass is 10.4. The van der Waals surface area contributed by atoms with E-state index in [0.717, 1.165) is 4.47 Å². The van der Waals surface area contributed by atoms with E-state index in [1.54, 1.807) is 18.2 Å². The van der Waals surface area contributed by atoms with Crippen molar-refractivity contribution in [2.75, 3.05) is 19.3 Å². The second-order valence-electron chi connectivity index (χ2n) is 3.23. The molecule has 0 spiro atoms. The Hall–Kier alpha value is -0.390. The summed E-state index contributed by atoms with van der Waals surface area (Å²) in [5, 5.41) is 2.93. The van der Waals surface area contributed by atoms with E-state index in [9.17, 15) is 8.42 Å². The molecule has 84 valence electrons. The number of benzene rings is 1. The predicted octanol–water partition coefficient (Wildman–Crippen LogP) is 1.83. The Morgan fingerprint density at radius 1 is 1.40 bits per heavy atom. The van der Waals surface area contributed by atoms with Gasteiger partial charge in [-0.25, -0.2) is 8.42 Å². The largest absolute Gasteiger partial charge is 0.320 e. The van der Waals surface area contributed by atoms with Gasteiger partial charge in [0.25, 0.3) is 0 Å². The van der Waals surface area contributed by atoms with Gasteiger partial charge in [0.1, 0.15) is 0 Å². The molecule has 3 nitrogen and oxygen atoms in total. The average molecular weight is 292 g/mol. The molecule has 1 rings (SSSR count). The summed E-state index contributed by atoms with van der Waals surface area (Å²) in [6, 6.07) is 6.80. The summed E-state index contributed by atoms with van der Waals surface area (Å²) in [6.45, 7) is 0.716. The molecule has 0 amide bonds. The summed E-state index contributed by atoms with van der Waals surface area (Å²) in [7, 11) is -1.31. The highest BCUT2D eigenvalue weighted by Crippen LogP contribution is 2.17. The fourth-order valence-electron chi connectivity index (χ4n) is 1.22. The van der Waals surface area contributed by atoms with Gasteiger partial charge >= 0.3 is 0 Å². The second kappa shape index (κ2) is 5.63. The van der Waals surface area contributed by atoms with Crippen molar-refractivity contribution >= 4 is 25.8 Å². The van der Waals surface area contributed by atoms with E-state index in [-0.39, 0.29) is 5.75 Å². The smallest absolute Gasteiger partial charge is 0.178 e. The van der Waals surface area contributed by atoms with Crippen molar-refractivity contribution in [3.05, 3.63) is 28.7 Å². The van der Waals surface area contributed by atoms with Gasteiger partial charge in [0.05, 0.1) is 10.6 Å².